The zero-order valence-electron chi connectivity index (χ0n) is 13.2. The molecule has 2 rings (SSSR count). The normalized spacial score (nSPS) is 12.7. The van der Waals surface area contributed by atoms with E-state index in [1.165, 1.54) is 0 Å². The van der Waals surface area contributed by atoms with E-state index in [0.29, 0.717) is 5.75 Å². The Kier molecular flexibility index (Phi) is 5.00. The van der Waals surface area contributed by atoms with E-state index >= 15 is 0 Å². The molecular formula is C14H17N3O4S2. The lowest BCUT2D eigenvalue weighted by atomic mass is 10.1. The molecule has 0 saturated carbocycles. The molecule has 2 aromatic rings. The summed E-state index contributed by atoms with van der Waals surface area (Å²) in [5.41, 5.74) is 2.20. The van der Waals surface area contributed by atoms with Crippen LogP contribution in [0.25, 0.3) is 0 Å². The van der Waals surface area contributed by atoms with Gasteiger partial charge < -0.3 is 4.74 Å². The van der Waals surface area contributed by atoms with Crippen LogP contribution < -0.4 is 10.1 Å². The minimum absolute atomic E-state index is 0.117. The Morgan fingerprint density at radius 3 is 2.52 bits per heavy atom. The van der Waals surface area contributed by atoms with Gasteiger partial charge in [0.15, 0.2) is 6.10 Å². The molecule has 0 radical (unpaired) electrons. The van der Waals surface area contributed by atoms with E-state index in [0.717, 1.165) is 28.7 Å². The van der Waals surface area contributed by atoms with Crippen LogP contribution >= 0.6 is 11.3 Å². The number of nitrogens with zero attached hydrogens (tertiary/aromatic N) is 2. The lowest BCUT2D eigenvalue weighted by molar-refractivity contribution is -0.122. The average Bonchev–Trinajstić information content (AvgIpc) is 2.91. The third kappa shape index (κ3) is 4.49. The largest absolute Gasteiger partial charge is 0.481 e. The van der Waals surface area contributed by atoms with E-state index in [1.54, 1.807) is 13.0 Å². The highest BCUT2D eigenvalue weighted by Gasteiger charge is 2.19. The SMILES string of the molecule is Cc1ccc(O[C@H](C)C(=O)Nc2nnc(S(C)(=O)=O)s2)cc1C. The summed E-state index contributed by atoms with van der Waals surface area (Å²) in [5.74, 6) is 0.157. The topological polar surface area (TPSA) is 98.2 Å². The molecule has 1 aromatic heterocycles. The van der Waals surface area contributed by atoms with Crippen molar-refractivity contribution in [2.24, 2.45) is 0 Å². The molecule has 1 aromatic carbocycles. The molecule has 1 atom stereocenters. The van der Waals surface area contributed by atoms with Crippen molar-refractivity contribution in [3.63, 3.8) is 0 Å². The Hall–Kier alpha value is -2.00. The first-order valence-electron chi connectivity index (χ1n) is 6.75. The van der Waals surface area contributed by atoms with Crippen LogP contribution in [0.1, 0.15) is 18.1 Å². The maximum absolute atomic E-state index is 12.1. The number of amides is 1. The summed E-state index contributed by atoms with van der Waals surface area (Å²) in [6, 6.07) is 5.56. The van der Waals surface area contributed by atoms with E-state index in [9.17, 15) is 13.2 Å². The minimum Gasteiger partial charge on any atom is -0.481 e. The van der Waals surface area contributed by atoms with E-state index < -0.39 is 21.8 Å². The number of ether oxygens (including phenoxy) is 1. The van der Waals surface area contributed by atoms with E-state index in [2.05, 4.69) is 15.5 Å². The van der Waals surface area contributed by atoms with Gasteiger partial charge in [0.25, 0.3) is 5.91 Å². The lowest BCUT2D eigenvalue weighted by Gasteiger charge is -2.14. The summed E-state index contributed by atoms with van der Waals surface area (Å²) < 4.78 is 28.1. The van der Waals surface area contributed by atoms with E-state index in [-0.39, 0.29) is 9.47 Å². The number of anilines is 1. The summed E-state index contributed by atoms with van der Waals surface area (Å²) in [5, 5.41) is 9.78. The number of hydrogen-bond acceptors (Lipinski definition) is 7. The molecule has 23 heavy (non-hydrogen) atoms. The number of carbonyl (C=O) groups is 1. The fourth-order valence-electron chi connectivity index (χ4n) is 1.66. The van der Waals surface area contributed by atoms with Gasteiger partial charge >= 0.3 is 0 Å². The van der Waals surface area contributed by atoms with Crippen LogP contribution in [0.15, 0.2) is 22.5 Å². The molecule has 0 aliphatic carbocycles. The number of carbonyl (C=O) groups excluding carboxylic acids is 1. The molecule has 0 bridgehead atoms. The van der Waals surface area contributed by atoms with Crippen molar-refractivity contribution in [2.45, 2.75) is 31.2 Å². The first-order chi connectivity index (χ1) is 10.7. The van der Waals surface area contributed by atoms with Crippen molar-refractivity contribution >= 4 is 32.2 Å². The van der Waals surface area contributed by atoms with Crippen LogP contribution in [-0.4, -0.2) is 36.9 Å². The number of sulfone groups is 1. The van der Waals surface area contributed by atoms with Gasteiger partial charge in [-0.1, -0.05) is 17.4 Å². The third-order valence-corrected chi connectivity index (χ3v) is 5.62. The van der Waals surface area contributed by atoms with Gasteiger partial charge in [-0.15, -0.1) is 10.2 Å². The van der Waals surface area contributed by atoms with Gasteiger partial charge in [-0.25, -0.2) is 8.42 Å². The maximum atomic E-state index is 12.1. The zero-order chi connectivity index (χ0) is 17.2. The Morgan fingerprint density at radius 2 is 1.96 bits per heavy atom. The maximum Gasteiger partial charge on any atom is 0.266 e. The first-order valence-corrected chi connectivity index (χ1v) is 9.46. The second-order valence-corrected chi connectivity index (χ2v) is 8.31. The Bertz CT molecular complexity index is 830. The minimum atomic E-state index is -3.43. The van der Waals surface area contributed by atoms with Crippen molar-refractivity contribution in [1.82, 2.24) is 10.2 Å². The number of benzene rings is 1. The van der Waals surface area contributed by atoms with Crippen LogP contribution in [0.3, 0.4) is 0 Å². The molecule has 0 saturated heterocycles. The summed E-state index contributed by atoms with van der Waals surface area (Å²) in [7, 11) is -3.43. The number of rotatable bonds is 5. The molecule has 0 aliphatic rings. The molecular weight excluding hydrogens is 338 g/mol. The van der Waals surface area contributed by atoms with Crippen LogP contribution in [0.5, 0.6) is 5.75 Å². The van der Waals surface area contributed by atoms with Crippen LogP contribution in [0.4, 0.5) is 5.13 Å². The summed E-state index contributed by atoms with van der Waals surface area (Å²) in [6.07, 6.45) is 0.271. The molecule has 124 valence electrons. The van der Waals surface area contributed by atoms with Crippen molar-refractivity contribution in [1.29, 1.82) is 0 Å². The van der Waals surface area contributed by atoms with Gasteiger partial charge in [0.05, 0.1) is 0 Å². The lowest BCUT2D eigenvalue weighted by Crippen LogP contribution is -2.30. The van der Waals surface area contributed by atoms with Gasteiger partial charge in [0.2, 0.25) is 19.3 Å². The van der Waals surface area contributed by atoms with Crippen LogP contribution in [0, 0.1) is 13.8 Å². The molecule has 0 fully saturated rings. The van der Waals surface area contributed by atoms with E-state index in [1.807, 2.05) is 26.0 Å². The van der Waals surface area contributed by atoms with Crippen molar-refractivity contribution < 1.29 is 17.9 Å². The van der Waals surface area contributed by atoms with Gasteiger partial charge in [-0.2, -0.15) is 0 Å². The average molecular weight is 355 g/mol. The summed E-state index contributed by atoms with van der Waals surface area (Å²) in [4.78, 5) is 12.1. The fraction of sp³-hybridized carbons (Fsp3) is 0.357. The Balaban J connectivity index is 2.02. The molecule has 0 unspecified atom stereocenters. The van der Waals surface area contributed by atoms with Gasteiger partial charge in [-0.05, 0) is 44.0 Å². The molecule has 1 N–H and O–H groups in total. The quantitative estimate of drug-likeness (QED) is 0.823. The van der Waals surface area contributed by atoms with Gasteiger partial charge in [-0.3, -0.25) is 10.1 Å². The van der Waals surface area contributed by atoms with Gasteiger partial charge in [0, 0.05) is 6.26 Å². The van der Waals surface area contributed by atoms with Crippen LogP contribution in [0.2, 0.25) is 0 Å². The number of aryl methyl sites for hydroxylation is 2. The Morgan fingerprint density at radius 1 is 1.26 bits per heavy atom. The third-order valence-electron chi connectivity index (χ3n) is 3.11. The monoisotopic (exact) mass is 355 g/mol. The molecule has 1 amide bonds. The van der Waals surface area contributed by atoms with E-state index in [4.69, 9.17) is 4.74 Å². The molecule has 0 aliphatic heterocycles. The molecule has 7 nitrogen and oxygen atoms in total. The predicted octanol–water partition coefficient (Wildman–Crippen LogP) is 1.96. The second kappa shape index (κ2) is 6.63. The Labute approximate surface area is 138 Å². The number of hydrogen-bond donors (Lipinski definition) is 1. The highest BCUT2D eigenvalue weighted by atomic mass is 32.2. The standard InChI is InChI=1S/C14H17N3O4S2/c1-8-5-6-11(7-9(8)2)21-10(3)12(18)15-13-16-17-14(22-13)23(4,19)20/h5-7,10H,1-4H3,(H,15,16,18)/t10-/m1/s1. The zero-order valence-corrected chi connectivity index (χ0v) is 14.8. The highest BCUT2D eigenvalue weighted by molar-refractivity contribution is 7.92. The van der Waals surface area contributed by atoms with Crippen molar-refractivity contribution in [2.75, 3.05) is 11.6 Å². The van der Waals surface area contributed by atoms with Gasteiger partial charge in [0.1, 0.15) is 5.75 Å². The molecule has 9 heteroatoms. The highest BCUT2D eigenvalue weighted by Crippen LogP contribution is 2.21. The second-order valence-electron chi connectivity index (χ2n) is 5.14. The number of aromatic nitrogens is 2. The summed E-state index contributed by atoms with van der Waals surface area (Å²) >= 11 is 0.799. The smallest absolute Gasteiger partial charge is 0.266 e. The van der Waals surface area contributed by atoms with Crippen LogP contribution in [-0.2, 0) is 14.6 Å². The fourth-order valence-corrected chi connectivity index (χ4v) is 3.17. The summed E-state index contributed by atoms with van der Waals surface area (Å²) in [6.45, 7) is 5.55. The molecule has 0 spiro atoms. The van der Waals surface area contributed by atoms with Crippen molar-refractivity contribution in [3.05, 3.63) is 29.3 Å². The van der Waals surface area contributed by atoms with Crippen molar-refractivity contribution in [3.8, 4) is 5.75 Å². The number of nitrogens with one attached hydrogen (secondary N) is 1. The molecule has 1 heterocycles. The predicted molar refractivity (Wildman–Crippen MR) is 87.7 cm³/mol. The first kappa shape index (κ1) is 17.4.